The molecule has 1 saturated heterocycles. The number of hydrogen-bond donors (Lipinski definition) is 1. The lowest BCUT2D eigenvalue weighted by atomic mass is 10.1. The maximum atomic E-state index is 12.0. The number of carbonyl (C=O) groups is 2. The van der Waals surface area contributed by atoms with Crippen LogP contribution in [-0.2, 0) is 14.8 Å². The first kappa shape index (κ1) is 17.0. The third-order valence-corrected chi connectivity index (χ3v) is 5.30. The second-order valence-electron chi connectivity index (χ2n) is 6.02. The number of hydrogen-bond acceptors (Lipinski definition) is 5. The second kappa shape index (κ2) is 5.66. The van der Waals surface area contributed by atoms with Crippen molar-refractivity contribution in [1.82, 2.24) is 5.32 Å². The Balaban J connectivity index is 2.26. The van der Waals surface area contributed by atoms with Crippen LogP contribution in [0.15, 0.2) is 24.3 Å². The van der Waals surface area contributed by atoms with Gasteiger partial charge in [-0.15, -0.1) is 0 Å². The fourth-order valence-corrected chi connectivity index (χ4v) is 4.04. The van der Waals surface area contributed by atoms with Crippen molar-refractivity contribution in [2.45, 2.75) is 26.3 Å². The Morgan fingerprint density at radius 2 is 1.91 bits per heavy atom. The van der Waals surface area contributed by atoms with Crippen molar-refractivity contribution in [3.63, 3.8) is 0 Å². The van der Waals surface area contributed by atoms with E-state index in [4.69, 9.17) is 5.26 Å². The van der Waals surface area contributed by atoms with Gasteiger partial charge < -0.3 is 5.32 Å². The van der Waals surface area contributed by atoms with Crippen molar-refractivity contribution < 1.29 is 18.0 Å². The van der Waals surface area contributed by atoms with Crippen LogP contribution in [0.5, 0.6) is 0 Å². The Morgan fingerprint density at radius 3 is 2.35 bits per heavy atom. The molecule has 1 heterocycles. The highest BCUT2D eigenvalue weighted by molar-refractivity contribution is 7.94. The Labute approximate surface area is 134 Å². The largest absolute Gasteiger partial charge is 0.334 e. The molecule has 1 fully saturated rings. The van der Waals surface area contributed by atoms with Crippen LogP contribution in [-0.4, -0.2) is 31.5 Å². The average molecular weight is 335 g/mol. The normalized spacial score (nSPS) is 20.2. The minimum Gasteiger partial charge on any atom is -0.334 e. The molecular formula is C15H17N3O4S. The first-order valence-electron chi connectivity index (χ1n) is 6.98. The molecule has 7 nitrogen and oxygen atoms in total. The van der Waals surface area contributed by atoms with Crippen LogP contribution in [0, 0.1) is 17.2 Å². The smallest absolute Gasteiger partial charge is 0.252 e. The predicted molar refractivity (Wildman–Crippen MR) is 84.0 cm³/mol. The summed E-state index contributed by atoms with van der Waals surface area (Å²) in [6.07, 6.45) is 0. The molecule has 1 unspecified atom stereocenters. The van der Waals surface area contributed by atoms with Crippen LogP contribution in [0.1, 0.15) is 31.1 Å². The van der Waals surface area contributed by atoms with Gasteiger partial charge in [0.15, 0.2) is 0 Å². The molecule has 2 rings (SSSR count). The van der Waals surface area contributed by atoms with Crippen molar-refractivity contribution in [1.29, 1.82) is 5.26 Å². The lowest BCUT2D eigenvalue weighted by Gasteiger charge is -2.18. The van der Waals surface area contributed by atoms with Gasteiger partial charge in [-0.1, -0.05) is 6.92 Å². The van der Waals surface area contributed by atoms with Crippen LogP contribution in [0.3, 0.4) is 0 Å². The number of nitrogens with zero attached hydrogens (tertiary/aromatic N) is 2. The minimum absolute atomic E-state index is 0.204. The molecular weight excluding hydrogens is 318 g/mol. The number of nitrogens with one attached hydrogen (secondary N) is 1. The van der Waals surface area contributed by atoms with Crippen LogP contribution in [0.2, 0.25) is 0 Å². The summed E-state index contributed by atoms with van der Waals surface area (Å²) in [5.74, 6) is -1.73. The highest BCUT2D eigenvalue weighted by Gasteiger charge is 2.41. The molecule has 1 aromatic rings. The maximum absolute atomic E-state index is 12.0. The molecule has 23 heavy (non-hydrogen) atoms. The van der Waals surface area contributed by atoms with Gasteiger partial charge in [0.2, 0.25) is 15.9 Å². The van der Waals surface area contributed by atoms with E-state index in [0.717, 1.165) is 4.31 Å². The highest BCUT2D eigenvalue weighted by Crippen LogP contribution is 2.28. The van der Waals surface area contributed by atoms with Crippen molar-refractivity contribution in [3.8, 4) is 6.07 Å². The van der Waals surface area contributed by atoms with E-state index in [1.807, 2.05) is 6.07 Å². The fourth-order valence-electron chi connectivity index (χ4n) is 2.22. The molecule has 1 N–H and O–H groups in total. The Morgan fingerprint density at radius 1 is 1.35 bits per heavy atom. The summed E-state index contributed by atoms with van der Waals surface area (Å²) >= 11 is 0. The molecule has 1 aliphatic heterocycles. The molecule has 0 aromatic heterocycles. The van der Waals surface area contributed by atoms with Gasteiger partial charge in [-0.3, -0.25) is 9.59 Å². The number of amides is 2. The Kier molecular flexibility index (Phi) is 4.18. The zero-order valence-corrected chi connectivity index (χ0v) is 13.8. The second-order valence-corrected chi connectivity index (χ2v) is 7.88. The van der Waals surface area contributed by atoms with E-state index in [2.05, 4.69) is 5.32 Å². The lowest BCUT2D eigenvalue weighted by Crippen LogP contribution is -2.42. The summed E-state index contributed by atoms with van der Waals surface area (Å²) in [4.78, 5) is 24.0. The topological polar surface area (TPSA) is 107 Å². The van der Waals surface area contributed by atoms with Gasteiger partial charge >= 0.3 is 0 Å². The van der Waals surface area contributed by atoms with Gasteiger partial charge in [0, 0.05) is 5.56 Å². The number of anilines is 1. The zero-order chi connectivity index (χ0) is 17.4. The maximum Gasteiger partial charge on any atom is 0.252 e. The molecule has 2 amide bonds. The molecule has 0 radical (unpaired) electrons. The molecule has 0 bridgehead atoms. The molecule has 122 valence electrons. The summed E-state index contributed by atoms with van der Waals surface area (Å²) in [6, 6.07) is 7.61. The number of carbonyl (C=O) groups excluding carboxylic acids is 2. The number of rotatable bonds is 3. The van der Waals surface area contributed by atoms with Crippen LogP contribution < -0.4 is 9.62 Å². The van der Waals surface area contributed by atoms with Crippen molar-refractivity contribution in [3.05, 3.63) is 29.8 Å². The molecule has 0 spiro atoms. The fraction of sp³-hybridized carbons (Fsp3) is 0.400. The van der Waals surface area contributed by atoms with Crippen LogP contribution in [0.25, 0.3) is 0 Å². The van der Waals surface area contributed by atoms with Crippen molar-refractivity contribution in [2.75, 3.05) is 10.1 Å². The summed E-state index contributed by atoms with van der Waals surface area (Å²) < 4.78 is 24.8. The number of sulfonamides is 1. The van der Waals surface area contributed by atoms with Gasteiger partial charge in [0.1, 0.15) is 5.54 Å². The van der Waals surface area contributed by atoms with Gasteiger partial charge in [-0.2, -0.15) is 5.26 Å². The van der Waals surface area contributed by atoms with Crippen molar-refractivity contribution >= 4 is 27.5 Å². The quantitative estimate of drug-likeness (QED) is 0.888. The van der Waals surface area contributed by atoms with Gasteiger partial charge in [0.05, 0.1) is 23.4 Å². The Bertz CT molecular complexity index is 791. The monoisotopic (exact) mass is 335 g/mol. The van der Waals surface area contributed by atoms with E-state index in [1.165, 1.54) is 24.3 Å². The SMILES string of the molecule is CC1CS(=O)(=O)N(c2ccc(C(=O)NC(C)(C)C#N)cc2)C1=O. The molecule has 8 heteroatoms. The molecule has 1 aliphatic rings. The lowest BCUT2D eigenvalue weighted by molar-refractivity contribution is -0.119. The highest BCUT2D eigenvalue weighted by atomic mass is 32.2. The third-order valence-electron chi connectivity index (χ3n) is 3.43. The van der Waals surface area contributed by atoms with E-state index in [-0.39, 0.29) is 17.0 Å². The minimum atomic E-state index is -3.66. The van der Waals surface area contributed by atoms with Gasteiger partial charge in [0.25, 0.3) is 5.91 Å². The first-order chi connectivity index (χ1) is 10.6. The predicted octanol–water partition coefficient (Wildman–Crippen LogP) is 1.03. The van der Waals surface area contributed by atoms with Crippen LogP contribution in [0.4, 0.5) is 5.69 Å². The van der Waals surface area contributed by atoms with E-state index in [9.17, 15) is 18.0 Å². The molecule has 0 aliphatic carbocycles. The molecule has 1 atom stereocenters. The molecule has 0 saturated carbocycles. The number of benzene rings is 1. The third kappa shape index (κ3) is 3.35. The Hall–Kier alpha value is -2.40. The van der Waals surface area contributed by atoms with E-state index < -0.39 is 33.3 Å². The van der Waals surface area contributed by atoms with E-state index in [1.54, 1.807) is 20.8 Å². The summed E-state index contributed by atoms with van der Waals surface area (Å²) in [5.41, 5.74) is -0.538. The van der Waals surface area contributed by atoms with E-state index >= 15 is 0 Å². The van der Waals surface area contributed by atoms with Gasteiger partial charge in [-0.05, 0) is 38.1 Å². The van der Waals surface area contributed by atoms with E-state index in [0.29, 0.717) is 0 Å². The average Bonchev–Trinajstić information content (AvgIpc) is 2.67. The standard InChI is InChI=1S/C15H17N3O4S/c1-10-8-23(21,22)18(14(10)20)12-6-4-11(5-7-12)13(19)17-15(2,3)9-16/h4-7,10H,8H2,1-3H3,(H,17,19). The first-order valence-corrected chi connectivity index (χ1v) is 8.59. The summed E-state index contributed by atoms with van der Waals surface area (Å²) in [6.45, 7) is 4.69. The molecule has 1 aromatic carbocycles. The summed E-state index contributed by atoms with van der Waals surface area (Å²) in [7, 11) is -3.66. The van der Waals surface area contributed by atoms with Gasteiger partial charge in [-0.25, -0.2) is 12.7 Å². The summed E-state index contributed by atoms with van der Waals surface area (Å²) in [5, 5.41) is 11.5. The number of nitriles is 1. The van der Waals surface area contributed by atoms with Crippen molar-refractivity contribution in [2.24, 2.45) is 5.92 Å². The zero-order valence-electron chi connectivity index (χ0n) is 13.0. The van der Waals surface area contributed by atoms with Crippen LogP contribution >= 0.6 is 0 Å².